The number of hydrogen-bond acceptors (Lipinski definition) is 2. The normalized spacial score (nSPS) is 22.9. The quantitative estimate of drug-likeness (QED) is 0.800. The summed E-state index contributed by atoms with van der Waals surface area (Å²) in [5, 5.41) is 14.7. The van der Waals surface area contributed by atoms with Crippen LogP contribution < -0.4 is 10.6 Å². The highest BCUT2D eigenvalue weighted by Gasteiger charge is 2.22. The summed E-state index contributed by atoms with van der Waals surface area (Å²) in [6.45, 7) is 1.92. The number of aliphatic hydroxyl groups excluding tert-OH is 1. The molecule has 0 heterocycles. The van der Waals surface area contributed by atoms with Gasteiger partial charge in [0, 0.05) is 12.6 Å². The lowest BCUT2D eigenvalue weighted by Gasteiger charge is -2.28. The van der Waals surface area contributed by atoms with E-state index in [0.29, 0.717) is 11.5 Å². The van der Waals surface area contributed by atoms with Gasteiger partial charge in [-0.1, -0.05) is 6.07 Å². The highest BCUT2D eigenvalue weighted by atomic mass is 19.2. The number of hydrogen-bond donors (Lipinski definition) is 3. The Labute approximate surface area is 128 Å². The van der Waals surface area contributed by atoms with E-state index in [1.54, 1.807) is 6.92 Å². The molecule has 0 bridgehead atoms. The number of aliphatic hydroxyl groups is 1. The maximum atomic E-state index is 13.2. The topological polar surface area (TPSA) is 61.4 Å². The maximum absolute atomic E-state index is 13.2. The van der Waals surface area contributed by atoms with Crippen molar-refractivity contribution >= 4 is 6.03 Å². The number of benzene rings is 1. The van der Waals surface area contributed by atoms with Crippen molar-refractivity contribution in [2.45, 2.75) is 44.7 Å². The molecule has 1 aromatic carbocycles. The zero-order valence-corrected chi connectivity index (χ0v) is 12.6. The van der Waals surface area contributed by atoms with E-state index in [1.807, 2.05) is 0 Å². The van der Waals surface area contributed by atoms with Gasteiger partial charge >= 0.3 is 6.03 Å². The largest absolute Gasteiger partial charge is 0.396 e. The van der Waals surface area contributed by atoms with Gasteiger partial charge in [0.25, 0.3) is 0 Å². The van der Waals surface area contributed by atoms with Gasteiger partial charge in [-0.25, -0.2) is 13.6 Å². The second-order valence-electron chi connectivity index (χ2n) is 5.91. The number of rotatable bonds is 4. The van der Waals surface area contributed by atoms with Crippen molar-refractivity contribution in [3.63, 3.8) is 0 Å². The van der Waals surface area contributed by atoms with Crippen LogP contribution in [0.2, 0.25) is 0 Å². The fraction of sp³-hybridized carbons (Fsp3) is 0.562. The Hall–Kier alpha value is -1.69. The summed E-state index contributed by atoms with van der Waals surface area (Å²) >= 11 is 0. The van der Waals surface area contributed by atoms with Gasteiger partial charge in [-0.15, -0.1) is 0 Å². The van der Waals surface area contributed by atoms with Crippen LogP contribution in [0.5, 0.6) is 0 Å². The van der Waals surface area contributed by atoms with Crippen molar-refractivity contribution in [2.75, 3.05) is 6.61 Å². The lowest BCUT2D eigenvalue weighted by atomic mass is 9.87. The van der Waals surface area contributed by atoms with Crippen LogP contribution in [0.4, 0.5) is 13.6 Å². The van der Waals surface area contributed by atoms with E-state index in [2.05, 4.69) is 10.6 Å². The molecule has 1 aliphatic rings. The first-order valence-electron chi connectivity index (χ1n) is 7.62. The van der Waals surface area contributed by atoms with Crippen molar-refractivity contribution in [3.05, 3.63) is 35.4 Å². The molecule has 0 spiro atoms. The van der Waals surface area contributed by atoms with Crippen LogP contribution in [0.15, 0.2) is 18.2 Å². The number of amides is 2. The predicted octanol–water partition coefficient (Wildman–Crippen LogP) is 2.88. The molecule has 122 valence electrons. The average molecular weight is 312 g/mol. The maximum Gasteiger partial charge on any atom is 0.315 e. The van der Waals surface area contributed by atoms with Crippen LogP contribution >= 0.6 is 0 Å². The lowest BCUT2D eigenvalue weighted by Crippen LogP contribution is -2.44. The molecule has 0 saturated heterocycles. The van der Waals surface area contributed by atoms with Gasteiger partial charge in [-0.3, -0.25) is 0 Å². The average Bonchev–Trinajstić information content (AvgIpc) is 2.50. The van der Waals surface area contributed by atoms with E-state index in [1.165, 1.54) is 6.07 Å². The third-order valence-corrected chi connectivity index (χ3v) is 4.23. The van der Waals surface area contributed by atoms with E-state index in [9.17, 15) is 13.6 Å². The zero-order chi connectivity index (χ0) is 16.1. The molecule has 4 nitrogen and oxygen atoms in total. The lowest BCUT2D eigenvalue weighted by molar-refractivity contribution is 0.174. The van der Waals surface area contributed by atoms with Crippen molar-refractivity contribution in [1.82, 2.24) is 10.6 Å². The van der Waals surface area contributed by atoms with Crippen LogP contribution in [-0.4, -0.2) is 23.8 Å². The zero-order valence-electron chi connectivity index (χ0n) is 12.6. The Morgan fingerprint density at radius 3 is 2.55 bits per heavy atom. The highest BCUT2D eigenvalue weighted by Crippen LogP contribution is 2.23. The van der Waals surface area contributed by atoms with Crippen LogP contribution in [0.25, 0.3) is 0 Å². The van der Waals surface area contributed by atoms with Crippen LogP contribution in [0.3, 0.4) is 0 Å². The molecule has 3 N–H and O–H groups in total. The minimum absolute atomic E-state index is 0.0972. The third kappa shape index (κ3) is 4.40. The molecule has 22 heavy (non-hydrogen) atoms. The molecule has 0 aliphatic heterocycles. The summed E-state index contributed by atoms with van der Waals surface area (Å²) in [6, 6.07) is 2.97. The van der Waals surface area contributed by atoms with Crippen LogP contribution in [0, 0.1) is 17.6 Å². The Bertz CT molecular complexity index is 517. The Morgan fingerprint density at radius 2 is 1.95 bits per heavy atom. The highest BCUT2D eigenvalue weighted by molar-refractivity contribution is 5.74. The minimum atomic E-state index is -0.922. The second kappa shape index (κ2) is 7.54. The molecule has 1 atom stereocenters. The Morgan fingerprint density at radius 1 is 1.27 bits per heavy atom. The molecule has 1 aliphatic carbocycles. The van der Waals surface area contributed by atoms with E-state index in [4.69, 9.17) is 5.11 Å². The number of carbonyl (C=O) groups is 1. The molecular formula is C16H22F2N2O2. The van der Waals surface area contributed by atoms with Gasteiger partial charge in [0.1, 0.15) is 0 Å². The first-order valence-corrected chi connectivity index (χ1v) is 7.62. The summed E-state index contributed by atoms with van der Waals surface area (Å²) < 4.78 is 26.1. The standard InChI is InChI=1S/C16H22F2N2O2/c1-10(12-4-7-14(17)15(18)8-12)19-16(22)20-13-5-2-11(9-21)3-6-13/h4,7-8,10-11,13,21H,2-3,5-6,9H2,1H3,(H2,19,20,22). The monoisotopic (exact) mass is 312 g/mol. The van der Waals surface area contributed by atoms with Gasteiger partial charge in [0.15, 0.2) is 11.6 Å². The summed E-state index contributed by atoms with van der Waals surface area (Å²) in [5.41, 5.74) is 0.512. The van der Waals surface area contributed by atoms with Crippen molar-refractivity contribution in [3.8, 4) is 0 Å². The Kier molecular flexibility index (Phi) is 5.71. The van der Waals surface area contributed by atoms with Gasteiger partial charge in [-0.2, -0.15) is 0 Å². The summed E-state index contributed by atoms with van der Waals surface area (Å²) in [6.07, 6.45) is 3.50. The smallest absolute Gasteiger partial charge is 0.315 e. The van der Waals surface area contributed by atoms with Crippen molar-refractivity contribution in [2.24, 2.45) is 5.92 Å². The summed E-state index contributed by atoms with van der Waals surface area (Å²) in [7, 11) is 0. The number of urea groups is 1. The molecule has 1 fully saturated rings. The van der Waals surface area contributed by atoms with E-state index in [-0.39, 0.29) is 18.7 Å². The number of carbonyl (C=O) groups excluding carboxylic acids is 1. The van der Waals surface area contributed by atoms with Gasteiger partial charge in [0.05, 0.1) is 6.04 Å². The molecule has 1 aromatic rings. The second-order valence-corrected chi connectivity index (χ2v) is 5.91. The fourth-order valence-electron chi connectivity index (χ4n) is 2.78. The molecule has 2 rings (SSSR count). The summed E-state index contributed by atoms with van der Waals surface area (Å²) in [5.74, 6) is -1.49. The summed E-state index contributed by atoms with van der Waals surface area (Å²) in [4.78, 5) is 12.0. The molecule has 1 saturated carbocycles. The molecular weight excluding hydrogens is 290 g/mol. The van der Waals surface area contributed by atoms with E-state index < -0.39 is 17.7 Å². The molecule has 6 heteroatoms. The van der Waals surface area contributed by atoms with Crippen molar-refractivity contribution in [1.29, 1.82) is 0 Å². The molecule has 0 aromatic heterocycles. The van der Waals surface area contributed by atoms with Gasteiger partial charge < -0.3 is 15.7 Å². The predicted molar refractivity (Wildman–Crippen MR) is 79.3 cm³/mol. The third-order valence-electron chi connectivity index (χ3n) is 4.23. The molecule has 2 amide bonds. The van der Waals surface area contributed by atoms with Gasteiger partial charge in [-0.05, 0) is 56.2 Å². The van der Waals surface area contributed by atoms with E-state index >= 15 is 0 Å². The first-order chi connectivity index (χ1) is 10.5. The Balaban J connectivity index is 1.82. The fourth-order valence-corrected chi connectivity index (χ4v) is 2.78. The number of halogens is 2. The number of nitrogens with one attached hydrogen (secondary N) is 2. The minimum Gasteiger partial charge on any atom is -0.396 e. The van der Waals surface area contributed by atoms with Crippen molar-refractivity contribution < 1.29 is 18.7 Å². The first kappa shape index (κ1) is 16.7. The SMILES string of the molecule is CC(NC(=O)NC1CCC(CO)CC1)c1ccc(F)c(F)c1. The van der Waals surface area contributed by atoms with Crippen LogP contribution in [0.1, 0.15) is 44.2 Å². The van der Waals surface area contributed by atoms with E-state index in [0.717, 1.165) is 37.8 Å². The molecule has 1 unspecified atom stereocenters. The van der Waals surface area contributed by atoms with Gasteiger partial charge in [0.2, 0.25) is 0 Å². The van der Waals surface area contributed by atoms with Crippen LogP contribution in [-0.2, 0) is 0 Å². The molecule has 0 radical (unpaired) electrons.